The SMILES string of the molecule is O=C(Nc1cccc2ncccc12)c1cc(O)c(O)c(O)c1. The Hall–Kier alpha value is -3.28. The van der Waals surface area contributed by atoms with Gasteiger partial charge in [-0.1, -0.05) is 6.07 Å². The Morgan fingerprint density at radius 3 is 2.45 bits per heavy atom. The van der Waals surface area contributed by atoms with E-state index in [9.17, 15) is 20.1 Å². The number of phenolic OH excluding ortho intramolecular Hbond substituents is 3. The van der Waals surface area contributed by atoms with Crippen LogP contribution in [0.3, 0.4) is 0 Å². The van der Waals surface area contributed by atoms with Crippen LogP contribution in [-0.2, 0) is 0 Å². The molecule has 3 rings (SSSR count). The minimum Gasteiger partial charge on any atom is -0.504 e. The minimum absolute atomic E-state index is 0.0219. The molecule has 0 saturated carbocycles. The maximum absolute atomic E-state index is 12.2. The smallest absolute Gasteiger partial charge is 0.255 e. The molecule has 0 saturated heterocycles. The van der Waals surface area contributed by atoms with Gasteiger partial charge in [0.05, 0.1) is 11.2 Å². The van der Waals surface area contributed by atoms with Crippen LogP contribution in [0.5, 0.6) is 17.2 Å². The van der Waals surface area contributed by atoms with Crippen molar-refractivity contribution < 1.29 is 20.1 Å². The van der Waals surface area contributed by atoms with Crippen LogP contribution in [0.4, 0.5) is 5.69 Å². The van der Waals surface area contributed by atoms with Crippen LogP contribution in [0, 0.1) is 0 Å². The first kappa shape index (κ1) is 13.7. The van der Waals surface area contributed by atoms with Gasteiger partial charge in [-0.05, 0) is 36.4 Å². The first-order chi connectivity index (χ1) is 10.6. The van der Waals surface area contributed by atoms with E-state index in [2.05, 4.69) is 10.3 Å². The van der Waals surface area contributed by atoms with E-state index in [-0.39, 0.29) is 5.56 Å². The molecule has 0 fully saturated rings. The first-order valence-electron chi connectivity index (χ1n) is 6.46. The van der Waals surface area contributed by atoms with Crippen molar-refractivity contribution in [2.45, 2.75) is 0 Å². The molecule has 0 unspecified atom stereocenters. The maximum Gasteiger partial charge on any atom is 0.255 e. The highest BCUT2D eigenvalue weighted by molar-refractivity contribution is 6.09. The van der Waals surface area contributed by atoms with Crippen LogP contribution in [0.1, 0.15) is 10.4 Å². The molecule has 6 nitrogen and oxygen atoms in total. The summed E-state index contributed by atoms with van der Waals surface area (Å²) >= 11 is 0. The molecular weight excluding hydrogens is 284 g/mol. The molecule has 0 radical (unpaired) electrons. The number of pyridine rings is 1. The highest BCUT2D eigenvalue weighted by Crippen LogP contribution is 2.35. The van der Waals surface area contributed by atoms with Gasteiger partial charge < -0.3 is 20.6 Å². The van der Waals surface area contributed by atoms with Crippen LogP contribution < -0.4 is 5.32 Å². The van der Waals surface area contributed by atoms with Gasteiger partial charge in [0, 0.05) is 17.1 Å². The van der Waals surface area contributed by atoms with E-state index < -0.39 is 23.2 Å². The number of hydrogen-bond donors (Lipinski definition) is 4. The number of aromatic nitrogens is 1. The van der Waals surface area contributed by atoms with Gasteiger partial charge in [-0.2, -0.15) is 0 Å². The fraction of sp³-hybridized carbons (Fsp3) is 0. The minimum atomic E-state index is -0.661. The largest absolute Gasteiger partial charge is 0.504 e. The molecule has 0 bridgehead atoms. The monoisotopic (exact) mass is 296 g/mol. The molecule has 6 heteroatoms. The molecular formula is C16H12N2O4. The van der Waals surface area contributed by atoms with Crippen LogP contribution in [0.25, 0.3) is 10.9 Å². The van der Waals surface area contributed by atoms with Gasteiger partial charge in [-0.25, -0.2) is 0 Å². The highest BCUT2D eigenvalue weighted by Gasteiger charge is 2.14. The number of anilines is 1. The summed E-state index contributed by atoms with van der Waals surface area (Å²) < 4.78 is 0. The summed E-state index contributed by atoms with van der Waals surface area (Å²) in [7, 11) is 0. The molecule has 1 heterocycles. The summed E-state index contributed by atoms with van der Waals surface area (Å²) in [6.07, 6.45) is 1.66. The standard InChI is InChI=1S/C16H12N2O4/c19-13-7-9(8-14(20)15(13)21)16(22)18-12-5-1-4-11-10(12)3-2-6-17-11/h1-8,19-21H,(H,18,22). The lowest BCUT2D eigenvalue weighted by atomic mass is 10.1. The van der Waals surface area contributed by atoms with Crippen molar-refractivity contribution in [2.24, 2.45) is 0 Å². The van der Waals surface area contributed by atoms with Crippen molar-refractivity contribution in [1.29, 1.82) is 0 Å². The Morgan fingerprint density at radius 2 is 1.73 bits per heavy atom. The predicted octanol–water partition coefficient (Wildman–Crippen LogP) is 2.60. The number of nitrogens with one attached hydrogen (secondary N) is 1. The molecule has 0 aliphatic heterocycles. The molecule has 0 spiro atoms. The number of benzene rings is 2. The van der Waals surface area contributed by atoms with E-state index in [0.717, 1.165) is 23.0 Å². The van der Waals surface area contributed by atoms with E-state index in [1.165, 1.54) is 0 Å². The summed E-state index contributed by atoms with van der Waals surface area (Å²) in [4.78, 5) is 16.4. The topological polar surface area (TPSA) is 103 Å². The lowest BCUT2D eigenvalue weighted by molar-refractivity contribution is 0.102. The van der Waals surface area contributed by atoms with E-state index in [1.807, 2.05) is 12.1 Å². The first-order valence-corrected chi connectivity index (χ1v) is 6.46. The molecule has 110 valence electrons. The number of phenols is 3. The molecule has 0 aliphatic carbocycles. The Bertz CT molecular complexity index is 849. The van der Waals surface area contributed by atoms with Gasteiger partial charge in [0.2, 0.25) is 0 Å². The Labute approximate surface area is 125 Å². The quantitative estimate of drug-likeness (QED) is 0.544. The second-order valence-corrected chi connectivity index (χ2v) is 4.69. The third-order valence-electron chi connectivity index (χ3n) is 3.23. The van der Waals surface area contributed by atoms with Crippen molar-refractivity contribution in [3.8, 4) is 17.2 Å². The zero-order valence-electron chi connectivity index (χ0n) is 11.3. The molecule has 1 amide bonds. The van der Waals surface area contributed by atoms with Crippen LogP contribution in [0.15, 0.2) is 48.7 Å². The molecule has 1 aromatic heterocycles. The van der Waals surface area contributed by atoms with Gasteiger partial charge in [-0.3, -0.25) is 9.78 Å². The molecule has 22 heavy (non-hydrogen) atoms. The van der Waals surface area contributed by atoms with Gasteiger partial charge >= 0.3 is 0 Å². The van der Waals surface area contributed by atoms with Gasteiger partial charge in [-0.15, -0.1) is 0 Å². The van der Waals surface area contributed by atoms with Crippen molar-refractivity contribution >= 4 is 22.5 Å². The second-order valence-electron chi connectivity index (χ2n) is 4.69. The molecule has 2 aromatic carbocycles. The van der Waals surface area contributed by atoms with Gasteiger partial charge in [0.25, 0.3) is 5.91 Å². The van der Waals surface area contributed by atoms with Crippen LogP contribution in [-0.4, -0.2) is 26.2 Å². The van der Waals surface area contributed by atoms with E-state index in [4.69, 9.17) is 0 Å². The maximum atomic E-state index is 12.2. The van der Waals surface area contributed by atoms with E-state index in [0.29, 0.717) is 5.69 Å². The van der Waals surface area contributed by atoms with Crippen LogP contribution in [0.2, 0.25) is 0 Å². The van der Waals surface area contributed by atoms with Crippen LogP contribution >= 0.6 is 0 Å². The zero-order valence-corrected chi connectivity index (χ0v) is 11.3. The number of amides is 1. The normalized spacial score (nSPS) is 10.5. The fourth-order valence-corrected chi connectivity index (χ4v) is 2.14. The highest BCUT2D eigenvalue weighted by atomic mass is 16.3. The summed E-state index contributed by atoms with van der Waals surface area (Å²) in [6, 6.07) is 11.0. The Kier molecular flexibility index (Phi) is 3.27. The number of carbonyl (C=O) groups is 1. The third kappa shape index (κ3) is 2.37. The third-order valence-corrected chi connectivity index (χ3v) is 3.23. The summed E-state index contributed by atoms with van der Waals surface area (Å²) in [5.41, 5.74) is 1.31. The van der Waals surface area contributed by atoms with Crippen molar-refractivity contribution in [2.75, 3.05) is 5.32 Å². The molecule has 0 atom stereocenters. The number of rotatable bonds is 2. The average molecular weight is 296 g/mol. The lowest BCUT2D eigenvalue weighted by Crippen LogP contribution is -2.12. The van der Waals surface area contributed by atoms with E-state index in [1.54, 1.807) is 24.4 Å². The molecule has 3 aromatic rings. The predicted molar refractivity (Wildman–Crippen MR) is 81.1 cm³/mol. The fourth-order valence-electron chi connectivity index (χ4n) is 2.14. The Balaban J connectivity index is 1.97. The zero-order chi connectivity index (χ0) is 15.7. The molecule has 4 N–H and O–H groups in total. The lowest BCUT2D eigenvalue weighted by Gasteiger charge is -2.09. The van der Waals surface area contributed by atoms with Crippen molar-refractivity contribution in [3.63, 3.8) is 0 Å². The number of nitrogens with zero attached hydrogens (tertiary/aromatic N) is 1. The summed E-state index contributed by atoms with van der Waals surface area (Å²) in [5.74, 6) is -2.32. The number of carbonyl (C=O) groups excluding carboxylic acids is 1. The van der Waals surface area contributed by atoms with Crippen molar-refractivity contribution in [3.05, 3.63) is 54.2 Å². The van der Waals surface area contributed by atoms with Gasteiger partial charge in [0.1, 0.15) is 0 Å². The summed E-state index contributed by atoms with van der Waals surface area (Å²) in [5, 5.41) is 31.7. The number of aromatic hydroxyl groups is 3. The van der Waals surface area contributed by atoms with E-state index >= 15 is 0 Å². The number of fused-ring (bicyclic) bond motifs is 1. The Morgan fingerprint density at radius 1 is 1.00 bits per heavy atom. The van der Waals surface area contributed by atoms with Crippen molar-refractivity contribution in [1.82, 2.24) is 4.98 Å². The molecule has 0 aliphatic rings. The number of hydrogen-bond acceptors (Lipinski definition) is 5. The summed E-state index contributed by atoms with van der Waals surface area (Å²) in [6.45, 7) is 0. The second kappa shape index (κ2) is 5.25. The van der Waals surface area contributed by atoms with Gasteiger partial charge in [0.15, 0.2) is 17.2 Å². The average Bonchev–Trinajstić information content (AvgIpc) is 2.52.